The van der Waals surface area contributed by atoms with Crippen LogP contribution in [-0.4, -0.2) is 29.9 Å². The highest BCUT2D eigenvalue weighted by Crippen LogP contribution is 2.35. The van der Waals surface area contributed by atoms with Crippen molar-refractivity contribution in [2.45, 2.75) is 83.6 Å². The van der Waals surface area contributed by atoms with Crippen LogP contribution in [0.4, 0.5) is 0 Å². The Bertz CT molecular complexity index is 318. The molecular formula is C18H34N2O. The largest absolute Gasteiger partial charge is 0.342 e. The zero-order valence-electron chi connectivity index (χ0n) is 13.9. The topological polar surface area (TPSA) is 46.3 Å². The quantitative estimate of drug-likeness (QED) is 0.694. The highest BCUT2D eigenvalue weighted by atomic mass is 16.2. The van der Waals surface area contributed by atoms with Gasteiger partial charge >= 0.3 is 0 Å². The second kappa shape index (κ2) is 8.77. The normalized spacial score (nSPS) is 28.7. The van der Waals surface area contributed by atoms with Crippen LogP contribution >= 0.6 is 0 Å². The number of hydrogen-bond donors (Lipinski definition) is 1. The fourth-order valence-corrected chi connectivity index (χ4v) is 4.06. The van der Waals surface area contributed by atoms with Gasteiger partial charge in [-0.3, -0.25) is 4.79 Å². The minimum atomic E-state index is 0.379. The zero-order valence-corrected chi connectivity index (χ0v) is 13.9. The van der Waals surface area contributed by atoms with E-state index in [1.165, 1.54) is 44.9 Å². The molecule has 2 rings (SSSR count). The van der Waals surface area contributed by atoms with Gasteiger partial charge in [-0.15, -0.1) is 0 Å². The van der Waals surface area contributed by atoms with Gasteiger partial charge in [-0.05, 0) is 37.5 Å². The third-order valence-corrected chi connectivity index (χ3v) is 5.44. The number of hydrogen-bond acceptors (Lipinski definition) is 2. The average Bonchev–Trinajstić information content (AvgIpc) is 2.89. The van der Waals surface area contributed by atoms with Crippen molar-refractivity contribution >= 4 is 5.91 Å². The van der Waals surface area contributed by atoms with Gasteiger partial charge in [0.25, 0.3) is 0 Å². The van der Waals surface area contributed by atoms with Crippen LogP contribution in [0.25, 0.3) is 0 Å². The number of fused-ring (bicyclic) bond motifs is 1. The molecule has 1 unspecified atom stereocenters. The summed E-state index contributed by atoms with van der Waals surface area (Å²) in [5.74, 6) is 1.82. The molecule has 1 saturated carbocycles. The summed E-state index contributed by atoms with van der Waals surface area (Å²) in [6.45, 7) is 4.24. The molecule has 122 valence electrons. The average molecular weight is 294 g/mol. The second-order valence-corrected chi connectivity index (χ2v) is 7.26. The number of rotatable bonds is 8. The number of amides is 1. The monoisotopic (exact) mass is 294 g/mol. The van der Waals surface area contributed by atoms with E-state index >= 15 is 0 Å². The Balaban J connectivity index is 1.57. The number of nitrogens with zero attached hydrogens (tertiary/aromatic N) is 1. The SMILES string of the molecule is CCCCCCCCCC(=O)N1C[C@H]2CCC(N)C[C@H]2C1. The first kappa shape index (κ1) is 16.8. The number of likely N-dealkylation sites (tertiary alicyclic amines) is 1. The lowest BCUT2D eigenvalue weighted by Crippen LogP contribution is -2.32. The van der Waals surface area contributed by atoms with E-state index in [4.69, 9.17) is 5.73 Å². The number of carbonyl (C=O) groups excluding carboxylic acids is 1. The predicted octanol–water partition coefficient (Wildman–Crippen LogP) is 3.71. The molecule has 0 aromatic rings. The Kier molecular flexibility index (Phi) is 7.01. The molecule has 3 heteroatoms. The number of carbonyl (C=O) groups is 1. The highest BCUT2D eigenvalue weighted by Gasteiger charge is 2.38. The smallest absolute Gasteiger partial charge is 0.222 e. The van der Waals surface area contributed by atoms with Gasteiger partial charge in [-0.1, -0.05) is 45.4 Å². The number of nitrogens with two attached hydrogens (primary N) is 1. The minimum absolute atomic E-state index is 0.379. The third-order valence-electron chi connectivity index (χ3n) is 5.44. The molecule has 21 heavy (non-hydrogen) atoms. The summed E-state index contributed by atoms with van der Waals surface area (Å²) in [5, 5.41) is 0. The van der Waals surface area contributed by atoms with E-state index < -0.39 is 0 Å². The first-order valence-electron chi connectivity index (χ1n) is 9.24. The molecule has 0 spiro atoms. The second-order valence-electron chi connectivity index (χ2n) is 7.26. The van der Waals surface area contributed by atoms with Gasteiger partial charge < -0.3 is 10.6 Å². The molecular weight excluding hydrogens is 260 g/mol. The van der Waals surface area contributed by atoms with Crippen molar-refractivity contribution in [2.75, 3.05) is 13.1 Å². The van der Waals surface area contributed by atoms with Crippen molar-refractivity contribution in [3.63, 3.8) is 0 Å². The third kappa shape index (κ3) is 5.28. The van der Waals surface area contributed by atoms with Crippen LogP contribution in [0.3, 0.4) is 0 Å². The summed E-state index contributed by atoms with van der Waals surface area (Å²) >= 11 is 0. The summed E-state index contributed by atoms with van der Waals surface area (Å²) in [5.41, 5.74) is 6.06. The van der Waals surface area contributed by atoms with Crippen LogP contribution in [0.15, 0.2) is 0 Å². The molecule has 0 aromatic heterocycles. The van der Waals surface area contributed by atoms with Crippen LogP contribution in [0.1, 0.15) is 77.6 Å². The molecule has 3 atom stereocenters. The van der Waals surface area contributed by atoms with E-state index in [1.54, 1.807) is 0 Å². The predicted molar refractivity (Wildman–Crippen MR) is 88.0 cm³/mol. The molecule has 1 saturated heterocycles. The van der Waals surface area contributed by atoms with Crippen molar-refractivity contribution in [1.29, 1.82) is 0 Å². The lowest BCUT2D eigenvalue weighted by molar-refractivity contribution is -0.130. The summed E-state index contributed by atoms with van der Waals surface area (Å²) in [6, 6.07) is 0.379. The Morgan fingerprint density at radius 1 is 1.00 bits per heavy atom. The molecule has 3 nitrogen and oxygen atoms in total. The fraction of sp³-hybridized carbons (Fsp3) is 0.944. The Morgan fingerprint density at radius 3 is 2.43 bits per heavy atom. The van der Waals surface area contributed by atoms with Crippen molar-refractivity contribution in [2.24, 2.45) is 17.6 Å². The van der Waals surface area contributed by atoms with Gasteiger partial charge in [0.2, 0.25) is 5.91 Å². The van der Waals surface area contributed by atoms with Crippen LogP contribution in [0.5, 0.6) is 0 Å². The van der Waals surface area contributed by atoms with Crippen LogP contribution < -0.4 is 5.73 Å². The van der Waals surface area contributed by atoms with E-state index in [2.05, 4.69) is 11.8 Å². The molecule has 2 fully saturated rings. The van der Waals surface area contributed by atoms with Crippen molar-refractivity contribution < 1.29 is 4.79 Å². The lowest BCUT2D eigenvalue weighted by Gasteiger charge is -2.27. The molecule has 1 amide bonds. The van der Waals surface area contributed by atoms with Gasteiger partial charge in [0.15, 0.2) is 0 Å². The van der Waals surface area contributed by atoms with E-state index in [-0.39, 0.29) is 0 Å². The van der Waals surface area contributed by atoms with E-state index in [0.29, 0.717) is 17.9 Å². The Hall–Kier alpha value is -0.570. The van der Waals surface area contributed by atoms with Gasteiger partial charge in [0, 0.05) is 25.6 Å². The van der Waals surface area contributed by atoms with Crippen LogP contribution in [-0.2, 0) is 4.79 Å². The fourth-order valence-electron chi connectivity index (χ4n) is 4.06. The van der Waals surface area contributed by atoms with Crippen LogP contribution in [0, 0.1) is 11.8 Å². The van der Waals surface area contributed by atoms with Gasteiger partial charge in [0.1, 0.15) is 0 Å². The molecule has 1 aliphatic heterocycles. The standard InChI is InChI=1S/C18H34N2O/c1-2-3-4-5-6-7-8-9-18(21)20-13-15-10-11-17(19)12-16(15)14-20/h15-17H,2-14,19H2,1H3/t15-,16+,17?/m1/s1. The molecule has 1 aliphatic carbocycles. The maximum atomic E-state index is 12.3. The first-order chi connectivity index (χ1) is 10.2. The maximum Gasteiger partial charge on any atom is 0.222 e. The van der Waals surface area contributed by atoms with E-state index in [1.807, 2.05) is 0 Å². The maximum absolute atomic E-state index is 12.3. The van der Waals surface area contributed by atoms with E-state index in [9.17, 15) is 4.79 Å². The molecule has 0 radical (unpaired) electrons. The van der Waals surface area contributed by atoms with Gasteiger partial charge in [-0.2, -0.15) is 0 Å². The van der Waals surface area contributed by atoms with Crippen molar-refractivity contribution in [3.8, 4) is 0 Å². The lowest BCUT2D eigenvalue weighted by atomic mass is 9.79. The van der Waals surface area contributed by atoms with Crippen LogP contribution in [0.2, 0.25) is 0 Å². The highest BCUT2D eigenvalue weighted by molar-refractivity contribution is 5.76. The zero-order chi connectivity index (χ0) is 15.1. The molecule has 0 bridgehead atoms. The summed E-state index contributed by atoms with van der Waals surface area (Å²) in [7, 11) is 0. The first-order valence-corrected chi connectivity index (χ1v) is 9.24. The van der Waals surface area contributed by atoms with E-state index in [0.717, 1.165) is 44.7 Å². The molecule has 1 heterocycles. The summed E-state index contributed by atoms with van der Waals surface area (Å²) in [4.78, 5) is 14.4. The summed E-state index contributed by atoms with van der Waals surface area (Å²) < 4.78 is 0. The molecule has 2 aliphatic rings. The summed E-state index contributed by atoms with van der Waals surface area (Å²) in [6.07, 6.45) is 13.2. The van der Waals surface area contributed by atoms with Crippen molar-refractivity contribution in [3.05, 3.63) is 0 Å². The Labute approximate surface area is 130 Å². The van der Waals surface area contributed by atoms with Gasteiger partial charge in [-0.25, -0.2) is 0 Å². The number of unbranched alkanes of at least 4 members (excludes halogenated alkanes) is 6. The van der Waals surface area contributed by atoms with Gasteiger partial charge in [0.05, 0.1) is 0 Å². The minimum Gasteiger partial charge on any atom is -0.342 e. The van der Waals surface area contributed by atoms with Crippen molar-refractivity contribution in [1.82, 2.24) is 4.90 Å². The molecule has 0 aromatic carbocycles. The molecule has 2 N–H and O–H groups in total. The Morgan fingerprint density at radius 2 is 1.67 bits per heavy atom.